The molecule has 0 aliphatic carbocycles. The van der Waals surface area contributed by atoms with E-state index < -0.39 is 47.7 Å². The number of aliphatic hydroxyl groups excluding tert-OH is 1. The number of amides is 3. The van der Waals surface area contributed by atoms with Gasteiger partial charge in [0.1, 0.15) is 29.4 Å². The second-order valence-corrected chi connectivity index (χ2v) is 12.8. The average Bonchev–Trinajstić information content (AvgIpc) is 3.75. The van der Waals surface area contributed by atoms with Crippen molar-refractivity contribution in [1.29, 1.82) is 0 Å². The third kappa shape index (κ3) is 5.90. The Morgan fingerprint density at radius 2 is 1.73 bits per heavy atom. The molecule has 4 heterocycles. The zero-order chi connectivity index (χ0) is 34.0. The van der Waals surface area contributed by atoms with Crippen LogP contribution in [0.1, 0.15) is 44.3 Å². The van der Waals surface area contributed by atoms with Gasteiger partial charge in [-0.15, -0.1) is 0 Å². The Bertz CT molecular complexity index is 1580. The SMILES string of the molecule is COc1ccc(N2C/C=C\CCC(=O)N(C)[C@@H](C)[C@H](c3ccccc3)OC(=O)[C@@H]3[C@H]4C(=O)N(CCCCO)[C@H](C2=O)[C@]42C=C[C@H]3O2)cc1. The summed E-state index contributed by atoms with van der Waals surface area (Å²) in [5, 5.41) is 9.53. The zero-order valence-electron chi connectivity index (χ0n) is 27.6. The highest BCUT2D eigenvalue weighted by Gasteiger charge is 2.73. The Morgan fingerprint density at radius 1 is 0.979 bits per heavy atom. The van der Waals surface area contributed by atoms with Crippen molar-refractivity contribution in [3.63, 3.8) is 0 Å². The van der Waals surface area contributed by atoms with E-state index in [1.54, 1.807) is 60.4 Å². The molecule has 11 heteroatoms. The van der Waals surface area contributed by atoms with Gasteiger partial charge < -0.3 is 34.0 Å². The number of rotatable bonds is 7. The smallest absolute Gasteiger partial charge is 0.313 e. The summed E-state index contributed by atoms with van der Waals surface area (Å²) in [6, 6.07) is 14.8. The molecule has 2 aromatic rings. The molecule has 5 bridgehead atoms. The molecule has 0 unspecified atom stereocenters. The fourth-order valence-electron chi connectivity index (χ4n) is 7.49. The molecule has 7 atom stereocenters. The number of hydrogen-bond acceptors (Lipinski definition) is 8. The minimum absolute atomic E-state index is 0.0541. The highest BCUT2D eigenvalue weighted by Crippen LogP contribution is 2.56. The molecule has 254 valence electrons. The van der Waals surface area contributed by atoms with Crippen LogP contribution in [0.4, 0.5) is 5.69 Å². The van der Waals surface area contributed by atoms with Crippen molar-refractivity contribution in [2.24, 2.45) is 11.8 Å². The first-order valence-electron chi connectivity index (χ1n) is 16.6. The summed E-state index contributed by atoms with van der Waals surface area (Å²) in [5.41, 5.74) is -0.0735. The quantitative estimate of drug-likeness (QED) is 0.273. The van der Waals surface area contributed by atoms with Crippen molar-refractivity contribution in [2.75, 3.05) is 38.8 Å². The Morgan fingerprint density at radius 3 is 2.44 bits per heavy atom. The topological polar surface area (TPSA) is 126 Å². The van der Waals surface area contributed by atoms with Crippen molar-refractivity contribution in [1.82, 2.24) is 9.80 Å². The third-order valence-electron chi connectivity index (χ3n) is 10.1. The maximum Gasteiger partial charge on any atom is 0.313 e. The monoisotopic (exact) mass is 657 g/mol. The number of methoxy groups -OCH3 is 1. The van der Waals surface area contributed by atoms with Crippen molar-refractivity contribution in [2.45, 2.75) is 62.5 Å². The standard InChI is InChI=1S/C37H43N3O8/c1-24-32(25-12-6-4-7-13-25)47-36(45)30-28-19-20-37(48-28)31(30)34(43)40(22-10-11-23-41)33(37)35(44)39(26-15-17-27(46-3)18-16-26)21-9-5-8-14-29(42)38(24)2/h4-7,9,12-13,15-20,24,28,30-33,41H,8,10-11,14,21-23H2,1-3H3/b9-5-/t24-,28+,30-,31-,32+,33+,37-/m0/s1. The number of benzene rings is 2. The number of allylic oxidation sites excluding steroid dienone is 1. The molecule has 4 aliphatic heterocycles. The van der Waals surface area contributed by atoms with E-state index in [4.69, 9.17) is 14.2 Å². The number of carbonyl (C=O) groups is 4. The number of nitrogens with zero attached hydrogens (tertiary/aromatic N) is 3. The van der Waals surface area contributed by atoms with E-state index in [0.717, 1.165) is 5.56 Å². The van der Waals surface area contributed by atoms with Gasteiger partial charge in [0.15, 0.2) is 0 Å². The number of likely N-dealkylation sites (tertiary alicyclic amines) is 1. The van der Waals surface area contributed by atoms with Gasteiger partial charge in [-0.25, -0.2) is 0 Å². The number of carbonyl (C=O) groups excluding carboxylic acids is 4. The summed E-state index contributed by atoms with van der Waals surface area (Å²) in [5.74, 6) is -2.81. The second kappa shape index (κ2) is 13.9. The Kier molecular flexibility index (Phi) is 9.70. The molecular weight excluding hydrogens is 614 g/mol. The predicted molar refractivity (Wildman–Crippen MR) is 177 cm³/mol. The van der Waals surface area contributed by atoms with E-state index in [-0.39, 0.29) is 43.8 Å². The number of unbranched alkanes of at least 4 members (excludes halogenated alkanes) is 1. The Labute approximate surface area is 280 Å². The van der Waals surface area contributed by atoms with Gasteiger partial charge in [0, 0.05) is 38.9 Å². The number of cyclic esters (lactones) is 1. The summed E-state index contributed by atoms with van der Waals surface area (Å²) in [6.45, 7) is 2.18. The molecule has 11 nitrogen and oxygen atoms in total. The molecule has 1 N–H and O–H groups in total. The van der Waals surface area contributed by atoms with Crippen molar-refractivity contribution >= 4 is 29.4 Å². The van der Waals surface area contributed by atoms with Crippen molar-refractivity contribution in [3.8, 4) is 5.75 Å². The Hall–Kier alpha value is -4.48. The lowest BCUT2D eigenvalue weighted by atomic mass is 9.74. The fourth-order valence-corrected chi connectivity index (χ4v) is 7.49. The number of ether oxygens (including phenoxy) is 3. The van der Waals surface area contributed by atoms with Gasteiger partial charge in [-0.3, -0.25) is 19.2 Å². The summed E-state index contributed by atoms with van der Waals surface area (Å²) >= 11 is 0. The lowest BCUT2D eigenvalue weighted by Crippen LogP contribution is -2.56. The van der Waals surface area contributed by atoms with E-state index in [9.17, 15) is 24.3 Å². The number of fused-ring (bicyclic) bond motifs is 2. The number of aliphatic hydroxyl groups is 1. The van der Waals surface area contributed by atoms with E-state index in [1.165, 1.54) is 4.90 Å². The molecule has 1 spiro atoms. The summed E-state index contributed by atoms with van der Waals surface area (Å²) < 4.78 is 18.2. The third-order valence-corrected chi connectivity index (χ3v) is 10.1. The first-order valence-corrected chi connectivity index (χ1v) is 16.6. The molecule has 48 heavy (non-hydrogen) atoms. The van der Waals surface area contributed by atoms with E-state index in [0.29, 0.717) is 30.7 Å². The lowest BCUT2D eigenvalue weighted by Gasteiger charge is -2.36. The molecule has 2 aromatic carbocycles. The van der Waals surface area contributed by atoms with Crippen LogP contribution in [0.5, 0.6) is 5.75 Å². The van der Waals surface area contributed by atoms with Crippen LogP contribution < -0.4 is 9.64 Å². The molecule has 0 radical (unpaired) electrons. The molecule has 3 amide bonds. The maximum atomic E-state index is 14.8. The van der Waals surface area contributed by atoms with Crippen LogP contribution in [0.15, 0.2) is 78.9 Å². The summed E-state index contributed by atoms with van der Waals surface area (Å²) in [7, 11) is 3.27. The van der Waals surface area contributed by atoms with Crippen LogP contribution in [0.2, 0.25) is 0 Å². The second-order valence-electron chi connectivity index (χ2n) is 12.8. The van der Waals surface area contributed by atoms with Gasteiger partial charge >= 0.3 is 5.97 Å². The molecule has 0 aromatic heterocycles. The normalized spacial score (nSPS) is 31.3. The van der Waals surface area contributed by atoms with Gasteiger partial charge in [0.05, 0.1) is 25.2 Å². The van der Waals surface area contributed by atoms with E-state index in [1.807, 2.05) is 49.4 Å². The van der Waals surface area contributed by atoms with Gasteiger partial charge in [-0.05, 0) is 56.0 Å². The summed E-state index contributed by atoms with van der Waals surface area (Å²) in [4.78, 5) is 61.6. The van der Waals surface area contributed by atoms with Crippen LogP contribution in [-0.2, 0) is 28.7 Å². The Balaban J connectivity index is 1.44. The number of hydrogen-bond donors (Lipinski definition) is 1. The first-order chi connectivity index (χ1) is 23.2. The fraction of sp³-hybridized carbons (Fsp3) is 0.459. The van der Waals surface area contributed by atoms with Gasteiger partial charge in [-0.2, -0.15) is 0 Å². The molecular formula is C37H43N3O8. The zero-order valence-corrected chi connectivity index (χ0v) is 27.6. The predicted octanol–water partition coefficient (Wildman–Crippen LogP) is 3.43. The molecule has 0 saturated carbocycles. The van der Waals surface area contributed by atoms with E-state index >= 15 is 0 Å². The minimum Gasteiger partial charge on any atom is -0.497 e. The molecule has 2 fully saturated rings. The number of anilines is 1. The first kappa shape index (κ1) is 33.4. The van der Waals surface area contributed by atoms with Crippen LogP contribution in [-0.4, -0.2) is 96.2 Å². The highest BCUT2D eigenvalue weighted by molar-refractivity contribution is 6.05. The number of esters is 1. The van der Waals surface area contributed by atoms with Crippen LogP contribution in [0.3, 0.4) is 0 Å². The van der Waals surface area contributed by atoms with Gasteiger partial charge in [0.2, 0.25) is 11.8 Å². The maximum absolute atomic E-state index is 14.8. The minimum atomic E-state index is -1.38. The largest absolute Gasteiger partial charge is 0.497 e. The highest BCUT2D eigenvalue weighted by atomic mass is 16.6. The van der Waals surface area contributed by atoms with Gasteiger partial charge in [-0.1, -0.05) is 54.6 Å². The van der Waals surface area contributed by atoms with Crippen LogP contribution in [0.25, 0.3) is 0 Å². The van der Waals surface area contributed by atoms with Crippen molar-refractivity contribution < 1.29 is 38.5 Å². The molecule has 6 rings (SSSR count). The summed E-state index contributed by atoms with van der Waals surface area (Å²) in [6.07, 6.45) is 7.27. The van der Waals surface area contributed by atoms with Crippen LogP contribution >= 0.6 is 0 Å². The molecule has 2 saturated heterocycles. The average molecular weight is 658 g/mol. The van der Waals surface area contributed by atoms with Gasteiger partial charge in [0.25, 0.3) is 5.91 Å². The molecule has 4 aliphatic rings. The number of likely N-dealkylation sites (N-methyl/N-ethyl adjacent to an activating group) is 1. The van der Waals surface area contributed by atoms with E-state index in [2.05, 4.69) is 0 Å². The van der Waals surface area contributed by atoms with Crippen LogP contribution in [0, 0.1) is 11.8 Å². The van der Waals surface area contributed by atoms with Crippen molar-refractivity contribution in [3.05, 3.63) is 84.5 Å². The lowest BCUT2D eigenvalue weighted by molar-refractivity contribution is -0.164.